The third kappa shape index (κ3) is 5.39. The summed E-state index contributed by atoms with van der Waals surface area (Å²) < 4.78 is 47.6. The van der Waals surface area contributed by atoms with Crippen LogP contribution in [0.5, 0.6) is 5.75 Å². The number of nitrogens with zero attached hydrogens (tertiary/aromatic N) is 3. The molecule has 3 heterocycles. The van der Waals surface area contributed by atoms with Gasteiger partial charge in [-0.25, -0.2) is 4.99 Å². The normalized spacial score (nSPS) is 20.4. The Kier molecular flexibility index (Phi) is 6.89. The molecule has 38 heavy (non-hydrogen) atoms. The molecule has 2 aliphatic heterocycles. The molecule has 0 saturated carbocycles. The number of allylic oxidation sites excluding steroid dienone is 1. The zero-order chi connectivity index (χ0) is 26.9. The minimum absolute atomic E-state index is 0.0293. The summed E-state index contributed by atoms with van der Waals surface area (Å²) in [5, 5.41) is 14.1. The molecule has 11 heteroatoms. The Hall–Kier alpha value is -3.83. The van der Waals surface area contributed by atoms with Gasteiger partial charge in [0.25, 0.3) is 0 Å². The van der Waals surface area contributed by atoms with Gasteiger partial charge in [0.05, 0.1) is 18.9 Å². The molecule has 0 radical (unpaired) electrons. The molecule has 1 unspecified atom stereocenters. The van der Waals surface area contributed by atoms with E-state index in [-0.39, 0.29) is 11.3 Å². The average molecular weight is 526 g/mol. The third-order valence-electron chi connectivity index (χ3n) is 6.90. The molecule has 3 aromatic rings. The van der Waals surface area contributed by atoms with E-state index in [4.69, 9.17) is 10.5 Å². The second kappa shape index (κ2) is 10.1. The first-order valence-electron chi connectivity index (χ1n) is 12.3. The van der Waals surface area contributed by atoms with Crippen LogP contribution in [0.3, 0.4) is 0 Å². The van der Waals surface area contributed by atoms with Crippen molar-refractivity contribution in [2.75, 3.05) is 25.5 Å². The Balaban J connectivity index is 1.49. The molecule has 0 amide bonds. The van der Waals surface area contributed by atoms with Gasteiger partial charge in [0.15, 0.2) is 0 Å². The number of aryl methyl sites for hydroxylation is 1. The van der Waals surface area contributed by atoms with Crippen molar-refractivity contribution in [2.24, 2.45) is 17.8 Å². The van der Waals surface area contributed by atoms with Gasteiger partial charge in [0, 0.05) is 41.8 Å². The van der Waals surface area contributed by atoms with Crippen LogP contribution >= 0.6 is 0 Å². The first-order chi connectivity index (χ1) is 18.1. The van der Waals surface area contributed by atoms with Crippen LogP contribution in [0.25, 0.3) is 5.57 Å². The maximum absolute atomic E-state index is 13.6. The van der Waals surface area contributed by atoms with E-state index in [1.54, 1.807) is 24.1 Å². The molecule has 0 bridgehead atoms. The molecule has 2 aromatic carbocycles. The first-order valence-corrected chi connectivity index (χ1v) is 12.3. The Labute approximate surface area is 218 Å². The summed E-state index contributed by atoms with van der Waals surface area (Å²) in [6.45, 7) is 2.02. The zero-order valence-corrected chi connectivity index (χ0v) is 21.1. The van der Waals surface area contributed by atoms with Crippen molar-refractivity contribution in [2.45, 2.75) is 30.7 Å². The van der Waals surface area contributed by atoms with Crippen LogP contribution in [-0.4, -0.2) is 36.2 Å². The number of aromatic nitrogens is 2. The largest absolute Gasteiger partial charge is 0.497 e. The molecule has 1 fully saturated rings. The van der Waals surface area contributed by atoms with Crippen molar-refractivity contribution in [3.8, 4) is 5.75 Å². The van der Waals surface area contributed by atoms with Crippen molar-refractivity contribution in [3.05, 3.63) is 82.9 Å². The quantitative estimate of drug-likeness (QED) is 0.386. The van der Waals surface area contributed by atoms with Crippen molar-refractivity contribution < 1.29 is 17.9 Å². The second-order valence-corrected chi connectivity index (χ2v) is 9.56. The van der Waals surface area contributed by atoms with E-state index in [1.807, 2.05) is 18.3 Å². The highest BCUT2D eigenvalue weighted by molar-refractivity contribution is 6.12. The van der Waals surface area contributed by atoms with Crippen molar-refractivity contribution in [3.63, 3.8) is 0 Å². The summed E-state index contributed by atoms with van der Waals surface area (Å²) in [7, 11) is 3.10. The highest BCUT2D eigenvalue weighted by Crippen LogP contribution is 2.36. The van der Waals surface area contributed by atoms with Gasteiger partial charge in [-0.1, -0.05) is 12.1 Å². The number of nitrogens with one attached hydrogen (secondary N) is 3. The SMILES string of the molecule is COc1cc(C(F)(F)F)cc(C2(N)N=CC(c3cnn(C)c3)=C(Nc3ccc(C4CCNCC4)cc3)N2)c1. The number of rotatable bonds is 6. The molecular formula is C27H30F3N7O. The van der Waals surface area contributed by atoms with Gasteiger partial charge in [-0.3, -0.25) is 10.4 Å². The molecular weight excluding hydrogens is 495 g/mol. The van der Waals surface area contributed by atoms with Gasteiger partial charge in [-0.05, 0) is 67.7 Å². The maximum atomic E-state index is 13.6. The number of benzene rings is 2. The van der Waals surface area contributed by atoms with Crippen molar-refractivity contribution in [1.82, 2.24) is 20.4 Å². The first kappa shape index (κ1) is 25.8. The molecule has 5 N–H and O–H groups in total. The van der Waals surface area contributed by atoms with Gasteiger partial charge in [0.2, 0.25) is 5.79 Å². The predicted octanol–water partition coefficient (Wildman–Crippen LogP) is 4.14. The van der Waals surface area contributed by atoms with E-state index >= 15 is 0 Å². The number of aliphatic imine (C=N–C) groups is 1. The van der Waals surface area contributed by atoms with E-state index in [1.165, 1.54) is 18.7 Å². The van der Waals surface area contributed by atoms with Crippen LogP contribution in [0.1, 0.15) is 41.0 Å². The van der Waals surface area contributed by atoms with Crippen LogP contribution in [0, 0.1) is 0 Å². The number of methoxy groups -OCH3 is 1. The molecule has 200 valence electrons. The molecule has 2 aliphatic rings. The van der Waals surface area contributed by atoms with Crippen LogP contribution in [-0.2, 0) is 19.0 Å². The Morgan fingerprint density at radius 2 is 1.87 bits per heavy atom. The zero-order valence-electron chi connectivity index (χ0n) is 21.1. The number of nitrogens with two attached hydrogens (primary N) is 1. The van der Waals surface area contributed by atoms with Gasteiger partial charge >= 0.3 is 6.18 Å². The van der Waals surface area contributed by atoms with Gasteiger partial charge < -0.3 is 20.7 Å². The molecule has 0 aliphatic carbocycles. The number of piperidine rings is 1. The van der Waals surface area contributed by atoms with E-state index in [0.29, 0.717) is 17.3 Å². The molecule has 8 nitrogen and oxygen atoms in total. The third-order valence-corrected chi connectivity index (χ3v) is 6.90. The highest BCUT2D eigenvalue weighted by Gasteiger charge is 2.37. The van der Waals surface area contributed by atoms with E-state index in [0.717, 1.165) is 49.3 Å². The summed E-state index contributed by atoms with van der Waals surface area (Å²) in [5.41, 5.74) is 9.33. The minimum Gasteiger partial charge on any atom is -0.497 e. The summed E-state index contributed by atoms with van der Waals surface area (Å²) >= 11 is 0. The fourth-order valence-corrected chi connectivity index (χ4v) is 4.78. The van der Waals surface area contributed by atoms with Crippen LogP contribution in [0.2, 0.25) is 0 Å². The molecule has 1 aromatic heterocycles. The second-order valence-electron chi connectivity index (χ2n) is 9.56. The lowest BCUT2D eigenvalue weighted by Gasteiger charge is -2.34. The monoisotopic (exact) mass is 525 g/mol. The molecule has 0 spiro atoms. The molecule has 1 atom stereocenters. The van der Waals surface area contributed by atoms with Crippen LogP contribution < -0.4 is 26.4 Å². The topological polar surface area (TPSA) is 102 Å². The van der Waals surface area contributed by atoms with E-state index in [2.05, 4.69) is 38.2 Å². The lowest BCUT2D eigenvalue weighted by Crippen LogP contribution is -2.51. The van der Waals surface area contributed by atoms with Crippen LogP contribution in [0.15, 0.2) is 65.7 Å². The van der Waals surface area contributed by atoms with Gasteiger partial charge in [-0.2, -0.15) is 18.3 Å². The minimum atomic E-state index is -4.58. The maximum Gasteiger partial charge on any atom is 0.416 e. The highest BCUT2D eigenvalue weighted by atomic mass is 19.4. The van der Waals surface area contributed by atoms with E-state index < -0.39 is 17.5 Å². The summed E-state index contributed by atoms with van der Waals surface area (Å²) in [6.07, 6.45) is 2.66. The predicted molar refractivity (Wildman–Crippen MR) is 141 cm³/mol. The Morgan fingerprint density at radius 3 is 2.50 bits per heavy atom. The molecule has 1 saturated heterocycles. The van der Waals surface area contributed by atoms with Crippen LogP contribution in [0.4, 0.5) is 18.9 Å². The number of hydrogen-bond acceptors (Lipinski definition) is 7. The summed E-state index contributed by atoms with van der Waals surface area (Å²) in [6, 6.07) is 11.5. The van der Waals surface area contributed by atoms with Crippen molar-refractivity contribution in [1.29, 1.82) is 0 Å². The number of alkyl halides is 3. The lowest BCUT2D eigenvalue weighted by atomic mass is 9.90. The van der Waals surface area contributed by atoms with Gasteiger partial charge in [0.1, 0.15) is 11.6 Å². The van der Waals surface area contributed by atoms with Gasteiger partial charge in [-0.15, -0.1) is 0 Å². The van der Waals surface area contributed by atoms with E-state index in [9.17, 15) is 13.2 Å². The summed E-state index contributed by atoms with van der Waals surface area (Å²) in [4.78, 5) is 4.44. The smallest absolute Gasteiger partial charge is 0.416 e. The lowest BCUT2D eigenvalue weighted by molar-refractivity contribution is -0.137. The number of anilines is 1. The average Bonchev–Trinajstić information content (AvgIpc) is 3.34. The Morgan fingerprint density at radius 1 is 1.13 bits per heavy atom. The standard InChI is InChI=1S/C27H30F3N7O/c1-37-16-19(14-34-37)24-15-33-27(31,21-11-20(26(28,29)30)12-23(13-21)38-2)36-25(24)35-22-5-3-17(4-6-22)18-7-9-32-10-8-18/h3-6,11-16,18,32,35-36H,7-10,31H2,1-2H3. The number of hydrogen-bond donors (Lipinski definition) is 4. The Bertz CT molecular complexity index is 1360. The fraction of sp³-hybridized carbons (Fsp3) is 0.333. The summed E-state index contributed by atoms with van der Waals surface area (Å²) in [5.74, 6) is -0.649. The van der Waals surface area contributed by atoms with Crippen molar-refractivity contribution >= 4 is 17.5 Å². The fourth-order valence-electron chi connectivity index (χ4n) is 4.78. The molecule has 5 rings (SSSR count). The number of ether oxygens (including phenoxy) is 1. The number of halogens is 3.